The van der Waals surface area contributed by atoms with Gasteiger partial charge in [-0.15, -0.1) is 0 Å². The summed E-state index contributed by atoms with van der Waals surface area (Å²) in [6.45, 7) is 3.38. The van der Waals surface area contributed by atoms with Crippen LogP contribution in [0.3, 0.4) is 0 Å². The fraction of sp³-hybridized carbons (Fsp3) is 0.579. The maximum Gasteiger partial charge on any atom is 0.137 e. The Morgan fingerprint density at radius 3 is 2.71 bits per heavy atom. The lowest BCUT2D eigenvalue weighted by Gasteiger charge is -2.36. The normalized spacial score (nSPS) is 28.7. The van der Waals surface area contributed by atoms with E-state index in [-0.39, 0.29) is 0 Å². The van der Waals surface area contributed by atoms with Gasteiger partial charge in [-0.25, -0.2) is 9.67 Å². The van der Waals surface area contributed by atoms with Crippen molar-refractivity contribution in [1.29, 1.82) is 0 Å². The van der Waals surface area contributed by atoms with E-state index in [2.05, 4.69) is 39.1 Å². The van der Waals surface area contributed by atoms with E-state index in [4.69, 9.17) is 11.6 Å². The monoisotopic (exact) mass is 344 g/mol. The summed E-state index contributed by atoms with van der Waals surface area (Å²) in [5, 5.41) is 9.09. The minimum atomic E-state index is 0.306. The summed E-state index contributed by atoms with van der Waals surface area (Å²) in [7, 11) is 0. The molecule has 2 aliphatic rings. The van der Waals surface area contributed by atoms with Crippen LogP contribution < -0.4 is 5.32 Å². The molecule has 0 unspecified atom stereocenters. The van der Waals surface area contributed by atoms with E-state index >= 15 is 0 Å². The number of nitrogens with one attached hydrogen (secondary N) is 1. The van der Waals surface area contributed by atoms with Gasteiger partial charge in [0.15, 0.2) is 0 Å². The highest BCUT2D eigenvalue weighted by Gasteiger charge is 2.44. The van der Waals surface area contributed by atoms with Gasteiger partial charge in [-0.2, -0.15) is 5.10 Å². The summed E-state index contributed by atoms with van der Waals surface area (Å²) in [5.41, 5.74) is 1.72. The number of benzene rings is 1. The second kappa shape index (κ2) is 6.49. The van der Waals surface area contributed by atoms with E-state index in [1.165, 1.54) is 37.7 Å². The molecule has 24 heavy (non-hydrogen) atoms. The van der Waals surface area contributed by atoms with Crippen LogP contribution in [0.5, 0.6) is 0 Å². The van der Waals surface area contributed by atoms with Gasteiger partial charge in [0.25, 0.3) is 0 Å². The molecule has 2 aromatic rings. The predicted molar refractivity (Wildman–Crippen MR) is 96.2 cm³/mol. The van der Waals surface area contributed by atoms with Crippen molar-refractivity contribution in [1.82, 2.24) is 20.1 Å². The van der Waals surface area contributed by atoms with E-state index < -0.39 is 0 Å². The third-order valence-corrected chi connectivity index (χ3v) is 6.12. The standard InChI is InChI=1S/C19H25ClN4/c1-14-2-7-17(18(10-14)24-13-21-12-23-24)22-11-19(8-9-19)15-3-5-16(20)6-4-15/h3-6,12-14,17-18,22H,2,7-11H2,1H3/t14-,17+,18+/m1/s1. The van der Waals surface area contributed by atoms with Crippen LogP contribution in [-0.4, -0.2) is 27.4 Å². The molecule has 1 aromatic heterocycles. The van der Waals surface area contributed by atoms with E-state index in [1.54, 1.807) is 6.33 Å². The van der Waals surface area contributed by atoms with E-state index in [0.717, 1.165) is 17.5 Å². The third kappa shape index (κ3) is 3.22. The maximum absolute atomic E-state index is 6.04. The van der Waals surface area contributed by atoms with Gasteiger partial charge in [-0.1, -0.05) is 30.7 Å². The highest BCUT2D eigenvalue weighted by molar-refractivity contribution is 6.30. The van der Waals surface area contributed by atoms with Crippen LogP contribution in [0.4, 0.5) is 0 Å². The van der Waals surface area contributed by atoms with Crippen molar-refractivity contribution in [3.05, 3.63) is 47.5 Å². The Morgan fingerprint density at radius 1 is 1.25 bits per heavy atom. The maximum atomic E-state index is 6.04. The highest BCUT2D eigenvalue weighted by Crippen LogP contribution is 2.48. The Bertz CT molecular complexity index is 663. The summed E-state index contributed by atoms with van der Waals surface area (Å²) in [6.07, 6.45) is 9.71. The number of halogens is 1. The van der Waals surface area contributed by atoms with Crippen molar-refractivity contribution in [2.75, 3.05) is 6.54 Å². The van der Waals surface area contributed by atoms with Crippen molar-refractivity contribution < 1.29 is 0 Å². The summed E-state index contributed by atoms with van der Waals surface area (Å²) in [4.78, 5) is 4.15. The van der Waals surface area contributed by atoms with Crippen molar-refractivity contribution in [3.8, 4) is 0 Å². The first-order valence-corrected chi connectivity index (χ1v) is 9.38. The Kier molecular flexibility index (Phi) is 4.35. The second-order valence-electron chi connectivity index (χ2n) is 7.64. The summed E-state index contributed by atoms with van der Waals surface area (Å²) < 4.78 is 2.05. The van der Waals surface area contributed by atoms with E-state index in [1.807, 2.05) is 18.5 Å². The van der Waals surface area contributed by atoms with Crippen molar-refractivity contribution in [2.24, 2.45) is 5.92 Å². The first kappa shape index (κ1) is 16.1. The molecule has 0 spiro atoms. The lowest BCUT2D eigenvalue weighted by molar-refractivity contribution is 0.199. The first-order valence-electron chi connectivity index (χ1n) is 9.00. The average Bonchev–Trinajstić information content (AvgIpc) is 3.18. The SMILES string of the molecule is C[C@@H]1CC[C@H](NCC2(c3ccc(Cl)cc3)CC2)[C@@H](n2cncn2)C1. The van der Waals surface area contributed by atoms with Crippen LogP contribution in [-0.2, 0) is 5.41 Å². The quantitative estimate of drug-likeness (QED) is 0.892. The minimum Gasteiger partial charge on any atom is -0.311 e. The molecule has 0 saturated heterocycles. The van der Waals surface area contributed by atoms with Crippen LogP contribution >= 0.6 is 11.6 Å². The lowest BCUT2D eigenvalue weighted by atomic mass is 9.83. The molecule has 2 aliphatic carbocycles. The molecule has 1 N–H and O–H groups in total. The molecule has 0 radical (unpaired) electrons. The van der Waals surface area contributed by atoms with Gasteiger partial charge in [0, 0.05) is 23.0 Å². The molecular formula is C19H25ClN4. The molecule has 5 heteroatoms. The largest absolute Gasteiger partial charge is 0.311 e. The molecule has 1 aromatic carbocycles. The van der Waals surface area contributed by atoms with Gasteiger partial charge in [0.05, 0.1) is 6.04 Å². The summed E-state index contributed by atoms with van der Waals surface area (Å²) in [6, 6.07) is 9.29. The Morgan fingerprint density at radius 2 is 2.04 bits per heavy atom. The molecule has 2 fully saturated rings. The number of rotatable bonds is 5. The number of nitrogens with zero attached hydrogens (tertiary/aromatic N) is 3. The van der Waals surface area contributed by atoms with Crippen LogP contribution in [0.2, 0.25) is 5.02 Å². The molecular weight excluding hydrogens is 320 g/mol. The second-order valence-corrected chi connectivity index (χ2v) is 8.07. The van der Waals surface area contributed by atoms with Crippen LogP contribution in [0.25, 0.3) is 0 Å². The Labute approximate surface area is 148 Å². The minimum absolute atomic E-state index is 0.306. The fourth-order valence-electron chi connectivity index (χ4n) is 4.12. The van der Waals surface area contributed by atoms with Gasteiger partial charge in [-0.3, -0.25) is 0 Å². The zero-order valence-corrected chi connectivity index (χ0v) is 14.9. The summed E-state index contributed by atoms with van der Waals surface area (Å²) >= 11 is 6.04. The molecule has 2 saturated carbocycles. The molecule has 128 valence electrons. The molecule has 3 atom stereocenters. The zero-order chi connectivity index (χ0) is 16.6. The van der Waals surface area contributed by atoms with Crippen LogP contribution in [0.15, 0.2) is 36.9 Å². The molecule has 0 aliphatic heterocycles. The number of aromatic nitrogens is 3. The van der Waals surface area contributed by atoms with Crippen molar-refractivity contribution >= 4 is 11.6 Å². The van der Waals surface area contributed by atoms with Gasteiger partial charge >= 0.3 is 0 Å². The van der Waals surface area contributed by atoms with E-state index in [9.17, 15) is 0 Å². The fourth-order valence-corrected chi connectivity index (χ4v) is 4.24. The first-order chi connectivity index (χ1) is 11.7. The molecule has 4 rings (SSSR count). The van der Waals surface area contributed by atoms with E-state index in [0.29, 0.717) is 17.5 Å². The lowest BCUT2D eigenvalue weighted by Crippen LogP contribution is -2.44. The van der Waals surface area contributed by atoms with Crippen molar-refractivity contribution in [3.63, 3.8) is 0 Å². The van der Waals surface area contributed by atoms with Gasteiger partial charge in [-0.05, 0) is 55.7 Å². The zero-order valence-electron chi connectivity index (χ0n) is 14.2. The Hall–Kier alpha value is -1.39. The Balaban J connectivity index is 1.45. The predicted octanol–water partition coefficient (Wildman–Crippen LogP) is 3.98. The highest BCUT2D eigenvalue weighted by atomic mass is 35.5. The smallest absolute Gasteiger partial charge is 0.137 e. The molecule has 4 nitrogen and oxygen atoms in total. The van der Waals surface area contributed by atoms with Gasteiger partial charge in [0.1, 0.15) is 12.7 Å². The number of hydrogen-bond donors (Lipinski definition) is 1. The molecule has 1 heterocycles. The molecule has 0 amide bonds. The van der Waals surface area contributed by atoms with Crippen LogP contribution in [0, 0.1) is 5.92 Å². The molecule has 0 bridgehead atoms. The summed E-state index contributed by atoms with van der Waals surface area (Å²) in [5.74, 6) is 0.753. The number of hydrogen-bond acceptors (Lipinski definition) is 3. The van der Waals surface area contributed by atoms with Gasteiger partial charge in [0.2, 0.25) is 0 Å². The van der Waals surface area contributed by atoms with Crippen molar-refractivity contribution in [2.45, 2.75) is 56.5 Å². The van der Waals surface area contributed by atoms with Crippen LogP contribution in [0.1, 0.15) is 50.6 Å². The topological polar surface area (TPSA) is 42.7 Å². The van der Waals surface area contributed by atoms with Gasteiger partial charge < -0.3 is 5.32 Å². The third-order valence-electron chi connectivity index (χ3n) is 5.87. The average molecular weight is 345 g/mol.